The van der Waals surface area contributed by atoms with E-state index in [0.29, 0.717) is 17.3 Å². The lowest BCUT2D eigenvalue weighted by Gasteiger charge is -2.37. The first kappa shape index (κ1) is 13.7. The van der Waals surface area contributed by atoms with Crippen LogP contribution in [0.1, 0.15) is 19.3 Å². The molecule has 0 amide bonds. The molecule has 102 valence electrons. The lowest BCUT2D eigenvalue weighted by molar-refractivity contribution is -0.384. The van der Waals surface area contributed by atoms with Gasteiger partial charge in [-0.05, 0) is 28.8 Å². The van der Waals surface area contributed by atoms with E-state index < -0.39 is 16.3 Å². The van der Waals surface area contributed by atoms with Crippen molar-refractivity contribution in [1.29, 1.82) is 0 Å². The van der Waals surface area contributed by atoms with Gasteiger partial charge in [0.25, 0.3) is 0 Å². The summed E-state index contributed by atoms with van der Waals surface area (Å²) in [5.41, 5.74) is -0.710. The predicted octanol–water partition coefficient (Wildman–Crippen LogP) is 2.42. The Morgan fingerprint density at radius 1 is 1.58 bits per heavy atom. The smallest absolute Gasteiger partial charge is 0.311 e. The molecule has 1 aromatic rings. The fourth-order valence-corrected chi connectivity index (χ4v) is 2.53. The normalized spacial score (nSPS) is 16.5. The van der Waals surface area contributed by atoms with Crippen molar-refractivity contribution >= 4 is 33.3 Å². The summed E-state index contributed by atoms with van der Waals surface area (Å²) in [5, 5.41) is 23.0. The molecule has 1 fully saturated rings. The molecule has 0 atom stereocenters. The molecule has 0 radical (unpaired) electrons. The van der Waals surface area contributed by atoms with Crippen molar-refractivity contribution in [3.63, 3.8) is 0 Å². The van der Waals surface area contributed by atoms with Crippen LogP contribution in [0.2, 0.25) is 0 Å². The van der Waals surface area contributed by atoms with Crippen LogP contribution in [0.25, 0.3) is 0 Å². The fraction of sp³-hybridized carbons (Fsp3) is 0.455. The molecule has 1 saturated carbocycles. The van der Waals surface area contributed by atoms with Crippen molar-refractivity contribution in [2.45, 2.75) is 19.3 Å². The number of aliphatic carboxylic acids is 1. The topological polar surface area (TPSA) is 105 Å². The van der Waals surface area contributed by atoms with Crippen LogP contribution in [0, 0.1) is 15.5 Å². The minimum Gasteiger partial charge on any atom is -0.481 e. The molecular formula is C11H12BrN3O4. The first-order chi connectivity index (χ1) is 8.96. The van der Waals surface area contributed by atoms with Crippen LogP contribution < -0.4 is 5.32 Å². The summed E-state index contributed by atoms with van der Waals surface area (Å²) in [6.45, 7) is 0.172. The van der Waals surface area contributed by atoms with E-state index in [0.717, 1.165) is 12.6 Å². The number of halogens is 1. The number of anilines is 1. The third kappa shape index (κ3) is 2.53. The minimum absolute atomic E-state index is 0.172. The zero-order chi connectivity index (χ0) is 14.0. The molecule has 1 aromatic heterocycles. The molecule has 0 saturated heterocycles. The molecule has 2 N–H and O–H groups in total. The zero-order valence-corrected chi connectivity index (χ0v) is 11.5. The molecule has 1 heterocycles. The minimum atomic E-state index is -0.862. The van der Waals surface area contributed by atoms with Crippen LogP contribution in [0.15, 0.2) is 16.9 Å². The molecule has 1 aliphatic carbocycles. The second-order valence-electron chi connectivity index (χ2n) is 4.57. The Balaban J connectivity index is 2.20. The van der Waals surface area contributed by atoms with Gasteiger partial charge in [-0.15, -0.1) is 0 Å². The fourth-order valence-electron chi connectivity index (χ4n) is 2.07. The van der Waals surface area contributed by atoms with Crippen molar-refractivity contribution in [1.82, 2.24) is 4.98 Å². The van der Waals surface area contributed by atoms with Gasteiger partial charge in [0, 0.05) is 12.7 Å². The maximum atomic E-state index is 11.2. The SMILES string of the molecule is O=C(O)C1(CNc2c(Br)cncc2[N+](=O)[O-])CCC1. The Kier molecular flexibility index (Phi) is 3.70. The van der Waals surface area contributed by atoms with E-state index >= 15 is 0 Å². The molecule has 8 heteroatoms. The number of nitro groups is 1. The Morgan fingerprint density at radius 2 is 2.26 bits per heavy atom. The van der Waals surface area contributed by atoms with Gasteiger partial charge in [0.2, 0.25) is 0 Å². The number of hydrogen-bond donors (Lipinski definition) is 2. The molecule has 2 rings (SSSR count). The third-order valence-electron chi connectivity index (χ3n) is 3.44. The lowest BCUT2D eigenvalue weighted by atomic mass is 9.69. The van der Waals surface area contributed by atoms with Gasteiger partial charge in [-0.3, -0.25) is 19.9 Å². The highest BCUT2D eigenvalue weighted by Crippen LogP contribution is 2.42. The maximum Gasteiger partial charge on any atom is 0.311 e. The Morgan fingerprint density at radius 3 is 2.74 bits per heavy atom. The molecule has 7 nitrogen and oxygen atoms in total. The Labute approximate surface area is 117 Å². The van der Waals surface area contributed by atoms with Gasteiger partial charge >= 0.3 is 11.7 Å². The molecule has 0 aromatic carbocycles. The highest BCUT2D eigenvalue weighted by atomic mass is 79.9. The van der Waals surface area contributed by atoms with Crippen LogP contribution in [0.4, 0.5) is 11.4 Å². The molecule has 0 unspecified atom stereocenters. The van der Waals surface area contributed by atoms with Gasteiger partial charge < -0.3 is 10.4 Å². The van der Waals surface area contributed by atoms with Crippen LogP contribution in [-0.4, -0.2) is 27.5 Å². The van der Waals surface area contributed by atoms with Crippen LogP contribution >= 0.6 is 15.9 Å². The van der Waals surface area contributed by atoms with Crippen molar-refractivity contribution < 1.29 is 14.8 Å². The van der Waals surface area contributed by atoms with Gasteiger partial charge in [-0.25, -0.2) is 0 Å². The molecule has 1 aliphatic rings. The zero-order valence-electron chi connectivity index (χ0n) is 9.93. The second-order valence-corrected chi connectivity index (χ2v) is 5.42. The molecule has 19 heavy (non-hydrogen) atoms. The average Bonchev–Trinajstić information content (AvgIpc) is 2.28. The molecular weight excluding hydrogens is 318 g/mol. The van der Waals surface area contributed by atoms with E-state index in [2.05, 4.69) is 26.2 Å². The number of nitrogens with zero attached hydrogens (tertiary/aromatic N) is 2. The van der Waals surface area contributed by atoms with Gasteiger partial charge in [0.05, 0.1) is 14.8 Å². The average molecular weight is 330 g/mol. The van der Waals surface area contributed by atoms with Crippen LogP contribution in [-0.2, 0) is 4.79 Å². The quantitative estimate of drug-likeness (QED) is 0.634. The van der Waals surface area contributed by atoms with Crippen molar-refractivity contribution in [3.05, 3.63) is 27.0 Å². The second kappa shape index (κ2) is 5.12. The Bertz CT molecular complexity index is 531. The van der Waals surface area contributed by atoms with E-state index in [1.54, 1.807) is 0 Å². The van der Waals surface area contributed by atoms with Gasteiger partial charge in [0.15, 0.2) is 0 Å². The van der Waals surface area contributed by atoms with Crippen LogP contribution in [0.3, 0.4) is 0 Å². The largest absolute Gasteiger partial charge is 0.481 e. The van der Waals surface area contributed by atoms with E-state index in [1.807, 2.05) is 0 Å². The number of carbonyl (C=O) groups is 1. The third-order valence-corrected chi connectivity index (χ3v) is 4.05. The van der Waals surface area contributed by atoms with E-state index in [1.165, 1.54) is 6.20 Å². The van der Waals surface area contributed by atoms with Gasteiger partial charge in [-0.2, -0.15) is 0 Å². The first-order valence-electron chi connectivity index (χ1n) is 5.71. The summed E-state index contributed by atoms with van der Waals surface area (Å²) in [5.74, 6) is -0.862. The van der Waals surface area contributed by atoms with Gasteiger partial charge in [0.1, 0.15) is 11.9 Å². The molecule has 0 bridgehead atoms. The number of carboxylic acids is 1. The number of carboxylic acid groups (broad SMARTS) is 1. The lowest BCUT2D eigenvalue weighted by Crippen LogP contribution is -2.43. The number of pyridine rings is 1. The van der Waals surface area contributed by atoms with Crippen molar-refractivity contribution in [3.8, 4) is 0 Å². The van der Waals surface area contributed by atoms with E-state index in [9.17, 15) is 20.0 Å². The molecule has 0 aliphatic heterocycles. The summed E-state index contributed by atoms with van der Waals surface area (Å²) in [6, 6.07) is 0. The number of rotatable bonds is 5. The van der Waals surface area contributed by atoms with E-state index in [-0.39, 0.29) is 17.9 Å². The van der Waals surface area contributed by atoms with Gasteiger partial charge in [-0.1, -0.05) is 6.42 Å². The summed E-state index contributed by atoms with van der Waals surface area (Å²) in [6.07, 6.45) is 4.62. The summed E-state index contributed by atoms with van der Waals surface area (Å²) in [4.78, 5) is 25.3. The number of aromatic nitrogens is 1. The maximum absolute atomic E-state index is 11.2. The van der Waals surface area contributed by atoms with Crippen LogP contribution in [0.5, 0.6) is 0 Å². The summed E-state index contributed by atoms with van der Waals surface area (Å²) in [7, 11) is 0. The van der Waals surface area contributed by atoms with Crippen molar-refractivity contribution in [2.24, 2.45) is 5.41 Å². The predicted molar refractivity (Wildman–Crippen MR) is 71.0 cm³/mol. The highest BCUT2D eigenvalue weighted by Gasteiger charge is 2.44. The van der Waals surface area contributed by atoms with Crippen molar-refractivity contribution in [2.75, 3.05) is 11.9 Å². The number of nitrogens with one attached hydrogen (secondary N) is 1. The van der Waals surface area contributed by atoms with E-state index in [4.69, 9.17) is 0 Å². The standard InChI is InChI=1S/C11H12BrN3O4/c12-7-4-13-5-8(15(18)19)9(7)14-6-11(10(16)17)2-1-3-11/h4-5H,1-3,6H2,(H,13,14)(H,16,17). The monoisotopic (exact) mass is 329 g/mol. The first-order valence-corrected chi connectivity index (χ1v) is 6.51. The number of hydrogen-bond acceptors (Lipinski definition) is 5. The highest BCUT2D eigenvalue weighted by molar-refractivity contribution is 9.10. The molecule has 0 spiro atoms. The Hall–Kier alpha value is -1.70. The summed E-state index contributed by atoms with van der Waals surface area (Å²) < 4.78 is 0.446. The summed E-state index contributed by atoms with van der Waals surface area (Å²) >= 11 is 3.18.